The Morgan fingerprint density at radius 3 is 1.71 bits per heavy atom. The van der Waals surface area contributed by atoms with Gasteiger partial charge in [0.05, 0.1) is 0 Å². The Morgan fingerprint density at radius 1 is 0.917 bits per heavy atom. The summed E-state index contributed by atoms with van der Waals surface area (Å²) in [5, 5.41) is 0. The third kappa shape index (κ3) is 6.67. The Kier molecular flexibility index (Phi) is 15.2. The number of hydrogen-bond donors (Lipinski definition) is 0. The smallest absolute Gasteiger partial charge is 1.00 e. The van der Waals surface area contributed by atoms with Gasteiger partial charge in [-0.1, -0.05) is 77.7 Å². The predicted molar refractivity (Wildman–Crippen MR) is 98.1 cm³/mol. The van der Waals surface area contributed by atoms with Crippen LogP contribution in [0.2, 0.25) is 13.1 Å². The first-order chi connectivity index (χ1) is 10.5. The quantitative estimate of drug-likeness (QED) is 0.416. The van der Waals surface area contributed by atoms with Crippen LogP contribution in [-0.2, 0) is 49.0 Å². The number of hydrogen-bond acceptors (Lipinski definition) is 0. The van der Waals surface area contributed by atoms with Gasteiger partial charge < -0.3 is 24.8 Å². The standard InChI is InChI=1S/C18H25.C2H6Si.2ClH.Zr/c1-5-14-15(6-2)17(8-4)18(16(14)7-3)13-11-9-10-12-13;1-3-2;;;/h9-13H,5-8H2,1-4H3;1-2H3;2*1H;/q-1;;;;+2/p-2. The maximum Gasteiger partial charge on any atom is -1.00 e. The normalized spacial score (nSPS) is 12.3. The van der Waals surface area contributed by atoms with E-state index in [-0.39, 0.29) is 30.2 Å². The molecule has 1 aromatic rings. The topological polar surface area (TPSA) is 0 Å². The third-order valence-corrected chi connectivity index (χ3v) is 4.24. The molecule has 4 heteroatoms. The molecule has 0 saturated carbocycles. The van der Waals surface area contributed by atoms with Gasteiger partial charge in [-0.05, 0) is 5.92 Å². The summed E-state index contributed by atoms with van der Waals surface area (Å²) < 4.78 is 0. The average molecular weight is 462 g/mol. The van der Waals surface area contributed by atoms with Crippen LogP contribution in [0, 0.1) is 0 Å². The van der Waals surface area contributed by atoms with E-state index >= 15 is 0 Å². The molecule has 134 valence electrons. The van der Waals surface area contributed by atoms with Gasteiger partial charge in [0, 0.05) is 0 Å². The molecule has 0 radical (unpaired) electrons. The Hall–Kier alpha value is 0.510. The van der Waals surface area contributed by atoms with Crippen LogP contribution < -0.4 is 24.8 Å². The summed E-state index contributed by atoms with van der Waals surface area (Å²) in [5.41, 5.74) is 8.38. The van der Waals surface area contributed by atoms with Gasteiger partial charge in [-0.2, -0.15) is 27.8 Å². The van der Waals surface area contributed by atoms with E-state index in [0.29, 0.717) is 5.92 Å². The fourth-order valence-corrected chi connectivity index (χ4v) is 3.56. The molecule has 0 atom stereocenters. The minimum absolute atomic E-state index is 0. The van der Waals surface area contributed by atoms with Crippen molar-refractivity contribution in [2.24, 2.45) is 0 Å². The first-order valence-corrected chi connectivity index (χ1v) is 14.9. The van der Waals surface area contributed by atoms with Gasteiger partial charge in [-0.3, -0.25) is 0 Å². The molecule has 1 aliphatic rings. The average Bonchev–Trinajstić information content (AvgIpc) is 3.10. The summed E-state index contributed by atoms with van der Waals surface area (Å²) in [4.78, 5) is 0. The molecular weight excluding hydrogens is 430 g/mol. The van der Waals surface area contributed by atoms with Gasteiger partial charge in [-0.15, -0.1) is 0 Å². The summed E-state index contributed by atoms with van der Waals surface area (Å²) in [6.07, 6.45) is 13.8. The molecule has 24 heavy (non-hydrogen) atoms. The van der Waals surface area contributed by atoms with Crippen LogP contribution in [0.5, 0.6) is 0 Å². The zero-order chi connectivity index (χ0) is 16.7. The molecule has 0 saturated heterocycles. The summed E-state index contributed by atoms with van der Waals surface area (Å²) in [7, 11) is 0. The Morgan fingerprint density at radius 2 is 1.38 bits per heavy atom. The zero-order valence-electron chi connectivity index (χ0n) is 16.0. The minimum atomic E-state index is 0. The molecule has 0 fully saturated rings. The van der Waals surface area contributed by atoms with Crippen LogP contribution in [0.1, 0.15) is 61.4 Å². The van der Waals surface area contributed by atoms with Crippen molar-refractivity contribution in [2.45, 2.75) is 72.4 Å². The molecule has 0 nitrogen and oxygen atoms in total. The molecule has 0 heterocycles. The Balaban J connectivity index is 0. The Labute approximate surface area is 177 Å². The number of rotatable bonds is 5. The predicted octanol–water partition coefficient (Wildman–Crippen LogP) is -0.343. The summed E-state index contributed by atoms with van der Waals surface area (Å²) in [5.74, 6) is 0.528. The summed E-state index contributed by atoms with van der Waals surface area (Å²) in [6.45, 7) is 13.8. The van der Waals surface area contributed by atoms with E-state index in [1.165, 1.54) is 25.7 Å². The van der Waals surface area contributed by atoms with Crippen LogP contribution in [0.3, 0.4) is 0 Å². The fraction of sp³-hybridized carbons (Fsp3) is 0.550. The van der Waals surface area contributed by atoms with E-state index in [2.05, 4.69) is 65.1 Å². The van der Waals surface area contributed by atoms with E-state index in [1.807, 2.05) is 0 Å². The van der Waals surface area contributed by atoms with Gasteiger partial charge in [-0.25, -0.2) is 0 Å². The molecule has 0 unspecified atom stereocenters. The van der Waals surface area contributed by atoms with Gasteiger partial charge in [0.25, 0.3) is 0 Å². The number of allylic oxidation sites excluding steroid dienone is 4. The summed E-state index contributed by atoms with van der Waals surface area (Å²) >= 11 is 1.74. The molecule has 1 aliphatic carbocycles. The van der Waals surface area contributed by atoms with Gasteiger partial charge in [0.15, 0.2) is 0 Å². The van der Waals surface area contributed by atoms with Crippen molar-refractivity contribution in [2.75, 3.05) is 0 Å². The van der Waals surface area contributed by atoms with Crippen LogP contribution in [0.25, 0.3) is 0 Å². The van der Waals surface area contributed by atoms with Crippen LogP contribution in [0.15, 0.2) is 24.3 Å². The molecule has 0 aliphatic heterocycles. The van der Waals surface area contributed by atoms with Crippen LogP contribution in [0.4, 0.5) is 0 Å². The number of halogens is 2. The molecule has 0 spiro atoms. The van der Waals surface area contributed by atoms with Crippen molar-refractivity contribution in [1.29, 1.82) is 0 Å². The minimum Gasteiger partial charge on any atom is -1.00 e. The second kappa shape index (κ2) is 13.7. The van der Waals surface area contributed by atoms with E-state index in [4.69, 9.17) is 0 Å². The second-order valence-electron chi connectivity index (χ2n) is 6.04. The van der Waals surface area contributed by atoms with E-state index in [1.54, 1.807) is 51.2 Å². The molecule has 0 aromatic heterocycles. The van der Waals surface area contributed by atoms with Crippen LogP contribution in [-0.4, -0.2) is 5.43 Å². The first kappa shape index (κ1) is 26.7. The molecule has 0 amide bonds. The Bertz CT molecular complexity index is 525. The molecule has 0 bridgehead atoms. The maximum absolute atomic E-state index is 2.34. The molecular formula is C20H31Cl2SiZr-. The van der Waals surface area contributed by atoms with Crippen molar-refractivity contribution in [3.05, 3.63) is 52.1 Å². The monoisotopic (exact) mass is 459 g/mol. The van der Waals surface area contributed by atoms with Crippen molar-refractivity contribution < 1.29 is 48.1 Å². The van der Waals surface area contributed by atoms with Crippen LogP contribution >= 0.6 is 0 Å². The van der Waals surface area contributed by atoms with E-state index in [0.717, 1.165) is 0 Å². The van der Waals surface area contributed by atoms with Crippen molar-refractivity contribution in [3.63, 3.8) is 0 Å². The SMILES string of the molecule is CCc1c(CC)c(C2C=CC=C2)[c-](CC)c1CC.C[Si](C)=[Zr+2].[Cl-].[Cl-]. The molecule has 2 rings (SSSR count). The van der Waals surface area contributed by atoms with E-state index in [9.17, 15) is 0 Å². The van der Waals surface area contributed by atoms with Crippen molar-refractivity contribution in [1.82, 2.24) is 0 Å². The molecule has 1 aromatic carbocycles. The van der Waals surface area contributed by atoms with Crippen molar-refractivity contribution in [3.8, 4) is 0 Å². The zero-order valence-corrected chi connectivity index (χ0v) is 20.9. The third-order valence-electron chi connectivity index (χ3n) is 4.24. The van der Waals surface area contributed by atoms with Gasteiger partial charge in [0.2, 0.25) is 0 Å². The maximum atomic E-state index is 2.34. The summed E-state index contributed by atoms with van der Waals surface area (Å²) in [6, 6.07) is 0. The second-order valence-corrected chi connectivity index (χ2v) is 15.4. The van der Waals surface area contributed by atoms with Crippen molar-refractivity contribution >= 4 is 5.43 Å². The van der Waals surface area contributed by atoms with Gasteiger partial charge >= 0.3 is 41.9 Å². The first-order valence-electron chi connectivity index (χ1n) is 8.70. The molecule has 0 N–H and O–H groups in total. The largest absolute Gasteiger partial charge is 1.00 e. The van der Waals surface area contributed by atoms with Gasteiger partial charge in [0.1, 0.15) is 0 Å². The van der Waals surface area contributed by atoms with E-state index < -0.39 is 0 Å². The fourth-order valence-electron chi connectivity index (χ4n) is 3.56.